The fourth-order valence-electron chi connectivity index (χ4n) is 4.69. The summed E-state index contributed by atoms with van der Waals surface area (Å²) in [7, 11) is 0. The third-order valence-electron chi connectivity index (χ3n) is 6.38. The number of nitrogens with one attached hydrogen (secondary N) is 1. The fourth-order valence-corrected chi connectivity index (χ4v) is 4.69. The Morgan fingerprint density at radius 3 is 2.66 bits per heavy atom. The molecule has 5 rings (SSSR count). The highest BCUT2D eigenvalue weighted by atomic mass is 19.4. The predicted octanol–water partition coefficient (Wildman–Crippen LogP) is 4.95. The maximum absolute atomic E-state index is 14.5. The molecule has 0 bridgehead atoms. The van der Waals surface area contributed by atoms with E-state index in [-0.39, 0.29) is 23.6 Å². The van der Waals surface area contributed by atoms with Crippen LogP contribution in [0, 0.1) is 17.7 Å². The van der Waals surface area contributed by atoms with Crippen LogP contribution < -0.4 is 15.0 Å². The van der Waals surface area contributed by atoms with Crippen molar-refractivity contribution in [3.8, 4) is 5.75 Å². The van der Waals surface area contributed by atoms with Crippen LogP contribution >= 0.6 is 0 Å². The number of benzene rings is 1. The first kappa shape index (κ1) is 21.1. The van der Waals surface area contributed by atoms with Crippen molar-refractivity contribution < 1.29 is 31.5 Å². The van der Waals surface area contributed by atoms with Gasteiger partial charge in [0, 0.05) is 24.8 Å². The van der Waals surface area contributed by atoms with Crippen LogP contribution in [0.15, 0.2) is 22.6 Å². The molecular weight excluding hydrogens is 430 g/mol. The number of rotatable bonds is 6. The molecule has 2 aromatic rings. The number of ether oxygens (including phenoxy) is 1. The van der Waals surface area contributed by atoms with Crippen LogP contribution in [0.1, 0.15) is 48.4 Å². The van der Waals surface area contributed by atoms with Gasteiger partial charge in [-0.2, -0.15) is 18.2 Å². The summed E-state index contributed by atoms with van der Waals surface area (Å²) >= 11 is 0. The van der Waals surface area contributed by atoms with Crippen LogP contribution in [-0.4, -0.2) is 36.3 Å². The van der Waals surface area contributed by atoms with Crippen molar-refractivity contribution in [1.82, 2.24) is 4.98 Å². The van der Waals surface area contributed by atoms with Gasteiger partial charge in [-0.05, 0) is 56.1 Å². The van der Waals surface area contributed by atoms with Crippen LogP contribution in [-0.2, 0) is 6.42 Å². The highest BCUT2D eigenvalue weighted by molar-refractivity contribution is 6.03. The summed E-state index contributed by atoms with van der Waals surface area (Å²) < 4.78 is 64.6. The Hall–Kier alpha value is -2.78. The number of oxazole rings is 1. The van der Waals surface area contributed by atoms with Crippen molar-refractivity contribution in [2.24, 2.45) is 11.8 Å². The first-order valence-corrected chi connectivity index (χ1v) is 10.9. The number of amides is 1. The average Bonchev–Trinajstić information content (AvgIpc) is 3.09. The highest BCUT2D eigenvalue weighted by Crippen LogP contribution is 2.53. The number of nitrogens with zero attached hydrogens (tertiary/aromatic N) is 2. The summed E-state index contributed by atoms with van der Waals surface area (Å²) in [6.07, 6.45) is -1.10. The van der Waals surface area contributed by atoms with E-state index in [0.717, 1.165) is 38.2 Å². The summed E-state index contributed by atoms with van der Waals surface area (Å²) in [6, 6.07) is 3.98. The van der Waals surface area contributed by atoms with Gasteiger partial charge in [0.25, 0.3) is 11.9 Å². The van der Waals surface area contributed by atoms with Crippen LogP contribution in [0.25, 0.3) is 0 Å². The standard InChI is InChI=1S/C22H23F4N3O3/c23-15-10-13(4-6-17(15)31-16-5-3-12-9-14(12)16)27-20(30)19-18(11-22(24,25)26)32-21(28-19)29-7-1-2-8-29/h4,6,10,12,14,16H,1-3,5,7-9,11H2,(H,27,30). The second-order valence-corrected chi connectivity index (χ2v) is 8.75. The summed E-state index contributed by atoms with van der Waals surface area (Å²) in [5.41, 5.74) is -0.352. The number of halogens is 4. The van der Waals surface area contributed by atoms with E-state index in [9.17, 15) is 22.4 Å². The molecule has 1 N–H and O–H groups in total. The first-order valence-electron chi connectivity index (χ1n) is 10.9. The van der Waals surface area contributed by atoms with Crippen molar-refractivity contribution in [2.45, 2.75) is 50.8 Å². The third kappa shape index (κ3) is 4.40. The lowest BCUT2D eigenvalue weighted by Crippen LogP contribution is -2.19. The maximum atomic E-state index is 14.5. The van der Waals surface area contributed by atoms with Crippen molar-refractivity contribution in [3.05, 3.63) is 35.5 Å². The van der Waals surface area contributed by atoms with Gasteiger partial charge in [0.05, 0.1) is 0 Å². The molecule has 172 valence electrons. The molecule has 2 heterocycles. The zero-order valence-electron chi connectivity index (χ0n) is 17.3. The number of aromatic nitrogens is 1. The van der Waals surface area contributed by atoms with Gasteiger partial charge >= 0.3 is 6.18 Å². The van der Waals surface area contributed by atoms with Crippen LogP contribution in [0.3, 0.4) is 0 Å². The van der Waals surface area contributed by atoms with Gasteiger partial charge in [-0.25, -0.2) is 4.39 Å². The zero-order valence-corrected chi connectivity index (χ0v) is 17.3. The zero-order chi connectivity index (χ0) is 22.5. The maximum Gasteiger partial charge on any atom is 0.396 e. The molecule has 1 aromatic heterocycles. The Labute approximate surface area is 181 Å². The summed E-state index contributed by atoms with van der Waals surface area (Å²) in [4.78, 5) is 18.4. The molecule has 3 aliphatic rings. The van der Waals surface area contributed by atoms with E-state index in [2.05, 4.69) is 10.3 Å². The minimum Gasteiger partial charge on any atom is -0.487 e. The average molecular weight is 453 g/mol. The summed E-state index contributed by atoms with van der Waals surface area (Å²) in [5.74, 6) is -0.782. The lowest BCUT2D eigenvalue weighted by Gasteiger charge is -2.16. The van der Waals surface area contributed by atoms with Gasteiger partial charge in [-0.3, -0.25) is 4.79 Å². The van der Waals surface area contributed by atoms with Gasteiger partial charge < -0.3 is 19.4 Å². The van der Waals surface area contributed by atoms with E-state index in [0.29, 0.717) is 24.9 Å². The summed E-state index contributed by atoms with van der Waals surface area (Å²) in [5, 5.41) is 2.42. The molecule has 6 nitrogen and oxygen atoms in total. The van der Waals surface area contributed by atoms with Gasteiger partial charge in [0.2, 0.25) is 0 Å². The largest absolute Gasteiger partial charge is 0.487 e. The molecule has 0 spiro atoms. The number of alkyl halides is 3. The molecule has 1 amide bonds. The third-order valence-corrected chi connectivity index (χ3v) is 6.38. The Morgan fingerprint density at radius 1 is 1.25 bits per heavy atom. The molecule has 32 heavy (non-hydrogen) atoms. The second kappa shape index (κ2) is 7.97. The molecule has 0 radical (unpaired) electrons. The van der Waals surface area contributed by atoms with E-state index in [1.807, 2.05) is 0 Å². The molecular formula is C22H23F4N3O3. The van der Waals surface area contributed by atoms with Crippen molar-refractivity contribution in [2.75, 3.05) is 23.3 Å². The number of hydrogen-bond acceptors (Lipinski definition) is 5. The number of fused-ring (bicyclic) bond motifs is 1. The molecule has 3 unspecified atom stereocenters. The van der Waals surface area contributed by atoms with Crippen LogP contribution in [0.2, 0.25) is 0 Å². The van der Waals surface area contributed by atoms with E-state index < -0.39 is 35.8 Å². The number of carbonyl (C=O) groups excluding carboxylic acids is 1. The highest BCUT2D eigenvalue weighted by Gasteiger charge is 2.49. The van der Waals surface area contributed by atoms with Gasteiger partial charge in [-0.1, -0.05) is 0 Å². The van der Waals surface area contributed by atoms with Crippen LogP contribution in [0.5, 0.6) is 5.75 Å². The first-order chi connectivity index (χ1) is 15.3. The van der Waals surface area contributed by atoms with E-state index in [1.54, 1.807) is 4.90 Å². The Balaban J connectivity index is 1.31. The molecule has 1 aliphatic heterocycles. The van der Waals surface area contributed by atoms with Gasteiger partial charge in [0.1, 0.15) is 18.3 Å². The van der Waals surface area contributed by atoms with Gasteiger partial charge in [0.15, 0.2) is 17.3 Å². The van der Waals surface area contributed by atoms with Crippen LogP contribution in [0.4, 0.5) is 29.3 Å². The van der Waals surface area contributed by atoms with E-state index in [4.69, 9.17) is 9.15 Å². The van der Waals surface area contributed by atoms with E-state index >= 15 is 0 Å². The molecule has 1 aromatic carbocycles. The molecule has 10 heteroatoms. The predicted molar refractivity (Wildman–Crippen MR) is 107 cm³/mol. The van der Waals surface area contributed by atoms with Crippen molar-refractivity contribution in [3.63, 3.8) is 0 Å². The van der Waals surface area contributed by atoms with Crippen molar-refractivity contribution in [1.29, 1.82) is 0 Å². The molecule has 1 saturated heterocycles. The number of anilines is 2. The monoisotopic (exact) mass is 453 g/mol. The molecule has 3 atom stereocenters. The fraction of sp³-hybridized carbons (Fsp3) is 0.545. The van der Waals surface area contributed by atoms with E-state index in [1.165, 1.54) is 12.1 Å². The minimum atomic E-state index is -4.57. The molecule has 2 saturated carbocycles. The smallest absolute Gasteiger partial charge is 0.396 e. The molecule has 3 fully saturated rings. The number of hydrogen-bond donors (Lipinski definition) is 1. The number of carbonyl (C=O) groups is 1. The Kier molecular flexibility index (Phi) is 5.25. The Morgan fingerprint density at radius 2 is 2.03 bits per heavy atom. The lowest BCUT2D eigenvalue weighted by atomic mass is 10.2. The quantitative estimate of drug-likeness (QED) is 0.627. The van der Waals surface area contributed by atoms with Crippen molar-refractivity contribution >= 4 is 17.6 Å². The summed E-state index contributed by atoms with van der Waals surface area (Å²) in [6.45, 7) is 1.20. The molecule has 2 aliphatic carbocycles. The second-order valence-electron chi connectivity index (χ2n) is 8.75. The normalized spacial score (nSPS) is 24.5. The van der Waals surface area contributed by atoms with Gasteiger partial charge in [-0.15, -0.1) is 0 Å². The lowest BCUT2D eigenvalue weighted by molar-refractivity contribution is -0.130. The Bertz CT molecular complexity index is 1020. The topological polar surface area (TPSA) is 67.6 Å². The SMILES string of the molecule is O=C(Nc1ccc(OC2CCC3CC32)c(F)c1)c1nc(N2CCCC2)oc1CC(F)(F)F. The minimum absolute atomic E-state index is 0.00299.